The minimum Gasteiger partial charge on any atom is -0.388 e. The summed E-state index contributed by atoms with van der Waals surface area (Å²) in [4.78, 5) is 26.0. The lowest BCUT2D eigenvalue weighted by Crippen LogP contribution is -2.18. The Morgan fingerprint density at radius 3 is 2.29 bits per heavy atom. The molecule has 1 fully saturated rings. The molecule has 1 aliphatic carbocycles. The third-order valence-corrected chi connectivity index (χ3v) is 8.38. The maximum absolute atomic E-state index is 13.0. The van der Waals surface area contributed by atoms with Crippen LogP contribution in [-0.2, 0) is 4.79 Å². The van der Waals surface area contributed by atoms with Crippen molar-refractivity contribution in [1.29, 1.82) is 0 Å². The summed E-state index contributed by atoms with van der Waals surface area (Å²) in [6, 6.07) is 15.6. The van der Waals surface area contributed by atoms with Gasteiger partial charge in [0.1, 0.15) is 4.33 Å². The summed E-state index contributed by atoms with van der Waals surface area (Å²) >= 11 is 28.7. The lowest BCUT2D eigenvalue weighted by molar-refractivity contribution is -0.117. The molecular formula is C25H20BrCl4N3O2. The zero-order valence-electron chi connectivity index (χ0n) is 18.6. The van der Waals surface area contributed by atoms with Crippen LogP contribution in [0.4, 0.5) is 17.1 Å². The number of alkyl halides is 2. The van der Waals surface area contributed by atoms with E-state index in [1.807, 2.05) is 32.2 Å². The second-order valence-electron chi connectivity index (χ2n) is 8.22. The molecule has 3 aromatic rings. The number of carbonyl (C=O) groups is 2. The van der Waals surface area contributed by atoms with Crippen LogP contribution in [0.15, 0.2) is 59.1 Å². The predicted molar refractivity (Wildman–Crippen MR) is 149 cm³/mol. The molecule has 0 aromatic heterocycles. The number of rotatable bonds is 6. The Bertz CT molecular complexity index is 1330. The van der Waals surface area contributed by atoms with E-state index in [1.165, 1.54) is 6.07 Å². The van der Waals surface area contributed by atoms with E-state index in [1.54, 1.807) is 30.3 Å². The summed E-state index contributed by atoms with van der Waals surface area (Å²) in [7, 11) is 1.82. The number of carbonyl (C=O) groups excluding carboxylic acids is 2. The van der Waals surface area contributed by atoms with Gasteiger partial charge >= 0.3 is 0 Å². The van der Waals surface area contributed by atoms with Gasteiger partial charge in [-0.1, -0.05) is 29.3 Å². The Morgan fingerprint density at radius 2 is 1.63 bits per heavy atom. The maximum Gasteiger partial charge on any atom is 0.257 e. The molecule has 2 amide bonds. The normalized spacial score (nSPS) is 18.0. The van der Waals surface area contributed by atoms with Crippen LogP contribution in [0.1, 0.15) is 27.4 Å². The largest absolute Gasteiger partial charge is 0.388 e. The highest BCUT2D eigenvalue weighted by molar-refractivity contribution is 9.10. The van der Waals surface area contributed by atoms with E-state index < -0.39 is 22.1 Å². The third-order valence-electron chi connectivity index (χ3n) is 5.88. The van der Waals surface area contributed by atoms with E-state index in [0.717, 1.165) is 21.3 Å². The van der Waals surface area contributed by atoms with E-state index in [0.29, 0.717) is 16.4 Å². The number of amides is 2. The van der Waals surface area contributed by atoms with Crippen LogP contribution < -0.4 is 16.0 Å². The van der Waals surface area contributed by atoms with Gasteiger partial charge in [-0.3, -0.25) is 9.59 Å². The third kappa shape index (κ3) is 5.42. The van der Waals surface area contributed by atoms with Crippen LogP contribution in [0.3, 0.4) is 0 Å². The molecule has 0 aliphatic heterocycles. The fourth-order valence-corrected chi connectivity index (χ4v) is 5.39. The number of anilines is 3. The van der Waals surface area contributed by atoms with Gasteiger partial charge in [0.2, 0.25) is 5.91 Å². The quantitative estimate of drug-likeness (QED) is 0.247. The van der Waals surface area contributed by atoms with Crippen molar-refractivity contribution in [3.8, 4) is 0 Å². The van der Waals surface area contributed by atoms with Crippen molar-refractivity contribution in [3.05, 3.63) is 85.8 Å². The van der Waals surface area contributed by atoms with Crippen LogP contribution in [-0.4, -0.2) is 23.2 Å². The molecule has 1 unspecified atom stereocenters. The Labute approximate surface area is 231 Å². The first-order valence-corrected chi connectivity index (χ1v) is 12.9. The number of benzene rings is 3. The first-order valence-electron chi connectivity index (χ1n) is 10.6. The molecule has 1 saturated carbocycles. The zero-order valence-corrected chi connectivity index (χ0v) is 23.2. The number of halogens is 5. The Morgan fingerprint density at radius 1 is 0.914 bits per heavy atom. The van der Waals surface area contributed by atoms with Gasteiger partial charge in [-0.25, -0.2) is 0 Å². The molecule has 0 bridgehead atoms. The van der Waals surface area contributed by atoms with Crippen LogP contribution >= 0.6 is 62.3 Å². The van der Waals surface area contributed by atoms with Gasteiger partial charge in [0.15, 0.2) is 0 Å². The Kier molecular flexibility index (Phi) is 7.60. The number of nitrogens with one attached hydrogen (secondary N) is 3. The lowest BCUT2D eigenvalue weighted by Gasteiger charge is -2.12. The summed E-state index contributed by atoms with van der Waals surface area (Å²) in [5.41, 5.74) is 3.86. The molecule has 0 saturated heterocycles. The average molecular weight is 616 g/mol. The summed E-state index contributed by atoms with van der Waals surface area (Å²) in [5.74, 6) is -1.88. The second kappa shape index (κ2) is 10.2. The second-order valence-corrected chi connectivity index (χ2v) is 11.3. The first-order chi connectivity index (χ1) is 16.5. The van der Waals surface area contributed by atoms with Crippen LogP contribution in [0.2, 0.25) is 10.0 Å². The van der Waals surface area contributed by atoms with Crippen LogP contribution in [0, 0.1) is 12.8 Å². The summed E-state index contributed by atoms with van der Waals surface area (Å²) in [5, 5.41) is 9.47. The first kappa shape index (κ1) is 26.1. The molecule has 3 aromatic carbocycles. The van der Waals surface area contributed by atoms with Gasteiger partial charge in [-0.2, -0.15) is 0 Å². The molecular weight excluding hydrogens is 596 g/mol. The van der Waals surface area contributed by atoms with Gasteiger partial charge in [0.25, 0.3) is 5.91 Å². The minimum absolute atomic E-state index is 0.219. The van der Waals surface area contributed by atoms with Crippen LogP contribution in [0.25, 0.3) is 0 Å². The molecule has 5 nitrogen and oxygen atoms in total. The van der Waals surface area contributed by atoms with E-state index in [-0.39, 0.29) is 16.5 Å². The highest BCUT2D eigenvalue weighted by Crippen LogP contribution is 2.65. The van der Waals surface area contributed by atoms with E-state index in [4.69, 9.17) is 46.4 Å². The average Bonchev–Trinajstić information content (AvgIpc) is 3.40. The monoisotopic (exact) mass is 613 g/mol. The molecule has 2 atom stereocenters. The van der Waals surface area contributed by atoms with Gasteiger partial charge in [-0.15, -0.1) is 23.2 Å². The topological polar surface area (TPSA) is 70.2 Å². The van der Waals surface area contributed by atoms with Gasteiger partial charge in [0, 0.05) is 34.5 Å². The van der Waals surface area contributed by atoms with Gasteiger partial charge in [0.05, 0.1) is 21.5 Å². The molecule has 0 spiro atoms. The molecule has 0 heterocycles. The Hall–Kier alpha value is -1.96. The van der Waals surface area contributed by atoms with E-state index in [2.05, 4.69) is 31.9 Å². The van der Waals surface area contributed by atoms with E-state index in [9.17, 15) is 9.59 Å². The predicted octanol–water partition coefficient (Wildman–Crippen LogP) is 7.88. The summed E-state index contributed by atoms with van der Waals surface area (Å²) in [6.07, 6.45) is 0. The molecule has 3 N–H and O–H groups in total. The molecule has 1 aliphatic rings. The van der Waals surface area contributed by atoms with Crippen molar-refractivity contribution in [1.82, 2.24) is 0 Å². The highest BCUT2D eigenvalue weighted by Gasteiger charge is 2.67. The maximum atomic E-state index is 13.0. The SMILES string of the molecule is CNc1ccc(NC(=O)c2cc(NC(=O)C3[C@H](c4ccc(Br)c(Cl)c4)C3(Cl)Cl)ccc2Cl)c(C)c1. The van der Waals surface area contributed by atoms with Gasteiger partial charge < -0.3 is 16.0 Å². The van der Waals surface area contributed by atoms with Crippen molar-refractivity contribution in [2.45, 2.75) is 17.2 Å². The summed E-state index contributed by atoms with van der Waals surface area (Å²) < 4.78 is -0.537. The lowest BCUT2D eigenvalue weighted by atomic mass is 10.1. The van der Waals surface area contributed by atoms with Gasteiger partial charge in [-0.05, 0) is 82.5 Å². The number of hydrogen-bond acceptors (Lipinski definition) is 3. The Balaban J connectivity index is 1.50. The molecule has 0 radical (unpaired) electrons. The fourth-order valence-electron chi connectivity index (χ4n) is 3.92. The summed E-state index contributed by atoms with van der Waals surface area (Å²) in [6.45, 7) is 1.89. The fraction of sp³-hybridized carbons (Fsp3) is 0.200. The number of aryl methyl sites for hydroxylation is 1. The zero-order chi connectivity index (χ0) is 25.5. The minimum atomic E-state index is -1.27. The van der Waals surface area contributed by atoms with Crippen LogP contribution in [0.5, 0.6) is 0 Å². The number of hydrogen-bond donors (Lipinski definition) is 3. The van der Waals surface area contributed by atoms with Crippen molar-refractivity contribution in [3.63, 3.8) is 0 Å². The van der Waals surface area contributed by atoms with Crippen molar-refractivity contribution in [2.75, 3.05) is 23.0 Å². The molecule has 4 rings (SSSR count). The van der Waals surface area contributed by atoms with Crippen molar-refractivity contribution in [2.24, 2.45) is 5.92 Å². The standard InChI is InChI=1S/C25H20BrCl4N3O2/c1-12-9-14(31-2)5-8-20(12)33-23(34)16-11-15(4-7-18(16)27)32-24(35)22-21(25(22,29)30)13-3-6-17(26)19(28)10-13/h3-11,21-22,31H,1-2H3,(H,32,35)(H,33,34)/t21-,22?/m0/s1. The van der Waals surface area contributed by atoms with Crippen molar-refractivity contribution < 1.29 is 9.59 Å². The molecule has 182 valence electrons. The molecule has 35 heavy (non-hydrogen) atoms. The van der Waals surface area contributed by atoms with Crippen molar-refractivity contribution >= 4 is 91.2 Å². The molecule has 10 heteroatoms. The highest BCUT2D eigenvalue weighted by atomic mass is 79.9. The van der Waals surface area contributed by atoms with E-state index >= 15 is 0 Å². The smallest absolute Gasteiger partial charge is 0.257 e.